The summed E-state index contributed by atoms with van der Waals surface area (Å²) in [5.74, 6) is -0.0819. The molecular formula is C20H23N3O. The van der Waals surface area contributed by atoms with E-state index < -0.39 is 0 Å². The van der Waals surface area contributed by atoms with E-state index in [2.05, 4.69) is 35.2 Å². The molecule has 1 aromatic carbocycles. The molecule has 0 bridgehead atoms. The molecule has 1 aromatic heterocycles. The zero-order valence-electron chi connectivity index (χ0n) is 14.1. The highest BCUT2D eigenvalue weighted by atomic mass is 16.2. The van der Waals surface area contributed by atoms with Crippen molar-refractivity contribution in [1.82, 2.24) is 9.99 Å². The van der Waals surface area contributed by atoms with Gasteiger partial charge in [0.1, 0.15) is 0 Å². The second-order valence-corrected chi connectivity index (χ2v) is 6.08. The summed E-state index contributed by atoms with van der Waals surface area (Å²) >= 11 is 0. The van der Waals surface area contributed by atoms with Gasteiger partial charge < -0.3 is 0 Å². The van der Waals surface area contributed by atoms with Crippen LogP contribution in [0, 0.1) is 0 Å². The highest BCUT2D eigenvalue weighted by Gasteiger charge is 2.23. The summed E-state index contributed by atoms with van der Waals surface area (Å²) in [7, 11) is 0. The Balaban J connectivity index is 1.78. The van der Waals surface area contributed by atoms with E-state index in [1.165, 1.54) is 30.4 Å². The van der Waals surface area contributed by atoms with E-state index in [0.717, 1.165) is 18.6 Å². The Labute approximate surface area is 143 Å². The summed E-state index contributed by atoms with van der Waals surface area (Å²) < 4.78 is 0. The molecule has 0 fully saturated rings. The van der Waals surface area contributed by atoms with Gasteiger partial charge in [0.25, 0.3) is 5.91 Å². The standard InChI is InChI=1S/C20H23N3O/c1-2-3-4-8-16-9-5-6-11-18(16)19-12-14-23(22-19)20(24)17-10-7-13-21-15-17/h5-7,9-11,13,15H,2-4,8,12,14H2,1H3. The lowest BCUT2D eigenvalue weighted by molar-refractivity contribution is 0.0778. The van der Waals surface area contributed by atoms with Crippen molar-refractivity contribution in [3.05, 3.63) is 65.5 Å². The van der Waals surface area contributed by atoms with Crippen LogP contribution in [0.1, 0.15) is 54.1 Å². The minimum atomic E-state index is -0.0819. The maximum absolute atomic E-state index is 12.5. The molecule has 4 nitrogen and oxygen atoms in total. The van der Waals surface area contributed by atoms with Crippen LogP contribution >= 0.6 is 0 Å². The van der Waals surface area contributed by atoms with Gasteiger partial charge in [-0.1, -0.05) is 44.0 Å². The summed E-state index contributed by atoms with van der Waals surface area (Å²) in [5, 5.41) is 6.16. The van der Waals surface area contributed by atoms with Gasteiger partial charge in [-0.05, 0) is 30.5 Å². The molecule has 4 heteroatoms. The SMILES string of the molecule is CCCCCc1ccccc1C1=NN(C(=O)c2cccnc2)CC1. The number of carbonyl (C=O) groups excluding carboxylic acids is 1. The topological polar surface area (TPSA) is 45.6 Å². The van der Waals surface area contributed by atoms with Crippen molar-refractivity contribution in [2.24, 2.45) is 5.10 Å². The minimum absolute atomic E-state index is 0.0819. The minimum Gasteiger partial charge on any atom is -0.267 e. The highest BCUT2D eigenvalue weighted by Crippen LogP contribution is 2.20. The van der Waals surface area contributed by atoms with Crippen LogP contribution in [0.3, 0.4) is 0 Å². The number of unbranched alkanes of at least 4 members (excludes halogenated alkanes) is 2. The van der Waals surface area contributed by atoms with Gasteiger partial charge in [-0.15, -0.1) is 0 Å². The van der Waals surface area contributed by atoms with E-state index in [1.54, 1.807) is 29.5 Å². The van der Waals surface area contributed by atoms with Crippen LogP contribution in [0.25, 0.3) is 0 Å². The molecule has 3 rings (SSSR count). The number of nitrogens with zero attached hydrogens (tertiary/aromatic N) is 3. The Morgan fingerprint density at radius 3 is 2.83 bits per heavy atom. The normalized spacial score (nSPS) is 13.9. The molecule has 0 radical (unpaired) electrons. The first-order chi connectivity index (χ1) is 11.8. The summed E-state index contributed by atoms with van der Waals surface area (Å²) in [6.07, 6.45) is 8.79. The number of amides is 1. The zero-order chi connectivity index (χ0) is 16.8. The lowest BCUT2D eigenvalue weighted by Gasteiger charge is -2.11. The van der Waals surface area contributed by atoms with E-state index in [4.69, 9.17) is 0 Å². The molecule has 1 aliphatic rings. The third-order valence-corrected chi connectivity index (χ3v) is 4.32. The maximum atomic E-state index is 12.5. The number of hydrazone groups is 1. The first-order valence-corrected chi connectivity index (χ1v) is 8.67. The number of hydrogen-bond acceptors (Lipinski definition) is 3. The lowest BCUT2D eigenvalue weighted by atomic mass is 9.97. The first-order valence-electron chi connectivity index (χ1n) is 8.67. The quantitative estimate of drug-likeness (QED) is 0.753. The maximum Gasteiger partial charge on any atom is 0.275 e. The number of aryl methyl sites for hydroxylation is 1. The summed E-state index contributed by atoms with van der Waals surface area (Å²) in [6, 6.07) is 12.0. The monoisotopic (exact) mass is 321 g/mol. The number of aromatic nitrogens is 1. The fourth-order valence-corrected chi connectivity index (χ4v) is 3.02. The van der Waals surface area contributed by atoms with Gasteiger partial charge in [-0.3, -0.25) is 9.78 Å². The molecular weight excluding hydrogens is 298 g/mol. The molecule has 24 heavy (non-hydrogen) atoms. The summed E-state index contributed by atoms with van der Waals surface area (Å²) in [4.78, 5) is 16.5. The third-order valence-electron chi connectivity index (χ3n) is 4.32. The lowest BCUT2D eigenvalue weighted by Crippen LogP contribution is -2.23. The highest BCUT2D eigenvalue weighted by molar-refractivity contribution is 6.05. The Bertz CT molecular complexity index is 725. The molecule has 2 heterocycles. The van der Waals surface area contributed by atoms with Crippen molar-refractivity contribution < 1.29 is 4.79 Å². The molecule has 0 spiro atoms. The molecule has 124 valence electrons. The second-order valence-electron chi connectivity index (χ2n) is 6.08. The van der Waals surface area contributed by atoms with Crippen molar-refractivity contribution in [2.45, 2.75) is 39.0 Å². The van der Waals surface area contributed by atoms with E-state index in [0.29, 0.717) is 12.1 Å². The number of benzene rings is 1. The van der Waals surface area contributed by atoms with Gasteiger partial charge in [0.2, 0.25) is 0 Å². The van der Waals surface area contributed by atoms with Crippen LogP contribution in [0.2, 0.25) is 0 Å². The fourth-order valence-electron chi connectivity index (χ4n) is 3.02. The van der Waals surface area contributed by atoms with Crippen LogP contribution < -0.4 is 0 Å². The predicted octanol–water partition coefficient (Wildman–Crippen LogP) is 4.06. The van der Waals surface area contributed by atoms with Gasteiger partial charge in [0.05, 0.1) is 17.8 Å². The van der Waals surface area contributed by atoms with Crippen LogP contribution in [0.4, 0.5) is 0 Å². The molecule has 0 aliphatic carbocycles. The summed E-state index contributed by atoms with van der Waals surface area (Å²) in [6.45, 7) is 2.85. The molecule has 0 N–H and O–H groups in total. The number of hydrogen-bond donors (Lipinski definition) is 0. The van der Waals surface area contributed by atoms with Gasteiger partial charge in [0, 0.05) is 24.4 Å². The Morgan fingerprint density at radius 1 is 1.17 bits per heavy atom. The molecule has 2 aromatic rings. The predicted molar refractivity (Wildman–Crippen MR) is 96.1 cm³/mol. The molecule has 1 aliphatic heterocycles. The fraction of sp³-hybridized carbons (Fsp3) is 0.350. The number of carbonyl (C=O) groups is 1. The van der Waals surface area contributed by atoms with Crippen molar-refractivity contribution in [2.75, 3.05) is 6.54 Å². The van der Waals surface area contributed by atoms with Crippen molar-refractivity contribution in [3.63, 3.8) is 0 Å². The third kappa shape index (κ3) is 3.70. The summed E-state index contributed by atoms with van der Waals surface area (Å²) in [5.41, 5.74) is 4.12. The Hall–Kier alpha value is -2.49. The average molecular weight is 321 g/mol. The van der Waals surface area contributed by atoms with Crippen LogP contribution in [-0.2, 0) is 6.42 Å². The number of rotatable bonds is 6. The smallest absolute Gasteiger partial charge is 0.267 e. The molecule has 0 saturated heterocycles. The number of pyridine rings is 1. The van der Waals surface area contributed by atoms with E-state index in [1.807, 2.05) is 6.07 Å². The molecule has 0 unspecified atom stereocenters. The van der Waals surface area contributed by atoms with Crippen LogP contribution in [0.15, 0.2) is 53.9 Å². The largest absolute Gasteiger partial charge is 0.275 e. The van der Waals surface area contributed by atoms with Gasteiger partial charge in [-0.25, -0.2) is 5.01 Å². The molecule has 1 amide bonds. The van der Waals surface area contributed by atoms with E-state index in [-0.39, 0.29) is 5.91 Å². The first kappa shape index (κ1) is 16.4. The van der Waals surface area contributed by atoms with Crippen molar-refractivity contribution >= 4 is 11.6 Å². The zero-order valence-corrected chi connectivity index (χ0v) is 14.1. The van der Waals surface area contributed by atoms with E-state index >= 15 is 0 Å². The molecule has 0 saturated carbocycles. The average Bonchev–Trinajstić information content (AvgIpc) is 3.12. The van der Waals surface area contributed by atoms with E-state index in [9.17, 15) is 4.79 Å². The van der Waals surface area contributed by atoms with Gasteiger partial charge >= 0.3 is 0 Å². The molecule has 0 atom stereocenters. The van der Waals surface area contributed by atoms with Crippen LogP contribution in [-0.4, -0.2) is 28.2 Å². The van der Waals surface area contributed by atoms with Crippen molar-refractivity contribution in [3.8, 4) is 0 Å². The Morgan fingerprint density at radius 2 is 2.04 bits per heavy atom. The van der Waals surface area contributed by atoms with Gasteiger partial charge in [-0.2, -0.15) is 5.10 Å². The van der Waals surface area contributed by atoms with Crippen LogP contribution in [0.5, 0.6) is 0 Å². The second kappa shape index (κ2) is 7.86. The van der Waals surface area contributed by atoms with Crippen molar-refractivity contribution in [1.29, 1.82) is 0 Å². The Kier molecular flexibility index (Phi) is 5.36. The van der Waals surface area contributed by atoms with Gasteiger partial charge in [0.15, 0.2) is 0 Å².